The Kier molecular flexibility index (Phi) is 5.57. The van der Waals surface area contributed by atoms with Crippen molar-refractivity contribution in [3.05, 3.63) is 41.0 Å². The maximum Gasteiger partial charge on any atom is 0.232 e. The van der Waals surface area contributed by atoms with Crippen molar-refractivity contribution in [2.24, 2.45) is 0 Å². The van der Waals surface area contributed by atoms with E-state index < -0.39 is 0 Å². The zero-order chi connectivity index (χ0) is 23.8. The van der Waals surface area contributed by atoms with E-state index in [9.17, 15) is 10.1 Å². The summed E-state index contributed by atoms with van der Waals surface area (Å²) in [7, 11) is 1.63. The molecule has 174 valence electrons. The van der Waals surface area contributed by atoms with Crippen molar-refractivity contribution < 1.29 is 9.53 Å². The molecule has 1 aromatic carbocycles. The minimum Gasteiger partial charge on any atom is -0.497 e. The number of nitrogens with two attached hydrogens (primary N) is 2. The molecule has 1 saturated heterocycles. The van der Waals surface area contributed by atoms with E-state index in [0.717, 1.165) is 43.7 Å². The van der Waals surface area contributed by atoms with E-state index in [0.29, 0.717) is 46.5 Å². The van der Waals surface area contributed by atoms with Gasteiger partial charge in [-0.05, 0) is 43.4 Å². The number of nitriles is 1. The van der Waals surface area contributed by atoms with Crippen molar-refractivity contribution in [2.75, 3.05) is 48.0 Å². The summed E-state index contributed by atoms with van der Waals surface area (Å²) in [6.07, 6.45) is 4.04. The average molecular weight is 458 g/mol. The molecule has 0 unspecified atom stereocenters. The van der Waals surface area contributed by atoms with Crippen LogP contribution in [0.25, 0.3) is 10.8 Å². The van der Waals surface area contributed by atoms with Gasteiger partial charge in [-0.2, -0.15) is 5.26 Å². The molecule has 0 atom stereocenters. The van der Waals surface area contributed by atoms with E-state index in [1.54, 1.807) is 12.0 Å². The number of methoxy groups -OCH3 is 1. The lowest BCUT2D eigenvalue weighted by molar-refractivity contribution is -0.117. The number of hydrogen-bond donors (Lipinski definition) is 2. The van der Waals surface area contributed by atoms with Crippen LogP contribution in [0.15, 0.2) is 24.3 Å². The number of nitrogen functional groups attached to an aromatic ring is 2. The lowest BCUT2D eigenvalue weighted by atomic mass is 9.99. The second-order valence-electron chi connectivity index (χ2n) is 8.72. The second-order valence-corrected chi connectivity index (χ2v) is 8.72. The normalized spacial score (nSPS) is 15.5. The van der Waals surface area contributed by atoms with Crippen LogP contribution in [0, 0.1) is 11.3 Å². The van der Waals surface area contributed by atoms with Crippen LogP contribution in [0.4, 0.5) is 23.3 Å². The predicted molar refractivity (Wildman–Crippen MR) is 132 cm³/mol. The third kappa shape index (κ3) is 3.61. The lowest BCUT2D eigenvalue weighted by Crippen LogP contribution is -2.31. The molecule has 1 fully saturated rings. The second kappa shape index (κ2) is 8.71. The molecule has 34 heavy (non-hydrogen) atoms. The SMILES string of the molecule is COc1ccc(CCN2C(=O)Cc3c2nc(N)c2c(N)nc(N4CCCCC4)c(C#N)c32)cc1. The van der Waals surface area contributed by atoms with E-state index in [1.807, 2.05) is 24.3 Å². The number of benzene rings is 1. The van der Waals surface area contributed by atoms with E-state index in [1.165, 1.54) is 0 Å². The highest BCUT2D eigenvalue weighted by Gasteiger charge is 2.34. The molecular weight excluding hydrogens is 430 g/mol. The first-order chi connectivity index (χ1) is 16.5. The smallest absolute Gasteiger partial charge is 0.232 e. The first kappa shape index (κ1) is 21.8. The third-order valence-corrected chi connectivity index (χ3v) is 6.70. The molecule has 4 heterocycles. The summed E-state index contributed by atoms with van der Waals surface area (Å²) in [6.45, 7) is 2.10. The van der Waals surface area contributed by atoms with Crippen molar-refractivity contribution >= 4 is 40.0 Å². The van der Waals surface area contributed by atoms with Gasteiger partial charge in [-0.1, -0.05) is 12.1 Å². The number of anilines is 4. The Bertz CT molecular complexity index is 1310. The number of carbonyl (C=O) groups excluding carboxylic acids is 1. The quantitative estimate of drug-likeness (QED) is 0.597. The molecule has 9 nitrogen and oxygen atoms in total. The Hall–Kier alpha value is -4.06. The summed E-state index contributed by atoms with van der Waals surface area (Å²) >= 11 is 0. The molecular formula is C25H27N7O2. The van der Waals surface area contributed by atoms with Gasteiger partial charge in [0, 0.05) is 30.6 Å². The highest BCUT2D eigenvalue weighted by atomic mass is 16.5. The van der Waals surface area contributed by atoms with Gasteiger partial charge in [-0.25, -0.2) is 9.97 Å². The van der Waals surface area contributed by atoms with E-state index >= 15 is 0 Å². The predicted octanol–water partition coefficient (Wildman–Crippen LogP) is 2.80. The number of amides is 1. The number of rotatable bonds is 5. The summed E-state index contributed by atoms with van der Waals surface area (Å²) in [4.78, 5) is 25.9. The topological polar surface area (TPSA) is 134 Å². The maximum absolute atomic E-state index is 13.1. The maximum atomic E-state index is 13.1. The van der Waals surface area contributed by atoms with E-state index in [-0.39, 0.29) is 24.0 Å². The fourth-order valence-electron chi connectivity index (χ4n) is 4.96. The summed E-state index contributed by atoms with van der Waals surface area (Å²) in [5.41, 5.74) is 14.9. The van der Waals surface area contributed by atoms with E-state index in [4.69, 9.17) is 16.2 Å². The Morgan fingerprint density at radius 1 is 1.03 bits per heavy atom. The molecule has 4 N–H and O–H groups in total. The van der Waals surface area contributed by atoms with Gasteiger partial charge in [-0.3, -0.25) is 9.69 Å². The fraction of sp³-hybridized carbons (Fsp3) is 0.360. The summed E-state index contributed by atoms with van der Waals surface area (Å²) in [6, 6.07) is 10.1. The van der Waals surface area contributed by atoms with Gasteiger partial charge in [0.1, 0.15) is 40.7 Å². The number of aromatic nitrogens is 2. The van der Waals surface area contributed by atoms with Gasteiger partial charge in [0.05, 0.1) is 18.9 Å². The monoisotopic (exact) mass is 457 g/mol. The number of hydrogen-bond acceptors (Lipinski definition) is 8. The van der Waals surface area contributed by atoms with Crippen molar-refractivity contribution in [3.63, 3.8) is 0 Å². The summed E-state index contributed by atoms with van der Waals surface area (Å²) in [5.74, 6) is 2.23. The fourth-order valence-corrected chi connectivity index (χ4v) is 4.96. The van der Waals surface area contributed by atoms with Crippen LogP contribution in [0.3, 0.4) is 0 Å². The lowest BCUT2D eigenvalue weighted by Gasteiger charge is -2.29. The zero-order valence-electron chi connectivity index (χ0n) is 19.2. The van der Waals surface area contributed by atoms with Crippen molar-refractivity contribution in [3.8, 4) is 11.8 Å². The minimum atomic E-state index is -0.0679. The van der Waals surface area contributed by atoms with Gasteiger partial charge in [0.2, 0.25) is 5.91 Å². The standard InChI is InChI=1S/C25H27N7O2/c1-34-16-7-5-15(6-8-16)9-12-32-19(33)13-17-20-18(14-26)24(31-10-3-2-4-11-31)29-22(27)21(20)23(28)30-25(17)32/h5-8H,2-4,9-13H2,1H3,(H2,27,29)(H2,28,30). The van der Waals surface area contributed by atoms with Crippen LogP contribution in [-0.4, -0.2) is 42.6 Å². The van der Waals surface area contributed by atoms with Crippen LogP contribution in [-0.2, 0) is 17.6 Å². The molecule has 2 aliphatic heterocycles. The molecule has 5 rings (SSSR count). The van der Waals surface area contributed by atoms with Gasteiger partial charge < -0.3 is 21.1 Å². The van der Waals surface area contributed by atoms with Crippen LogP contribution in [0.1, 0.15) is 36.0 Å². The van der Waals surface area contributed by atoms with Crippen molar-refractivity contribution in [1.82, 2.24) is 9.97 Å². The number of ether oxygens (including phenoxy) is 1. The summed E-state index contributed by atoms with van der Waals surface area (Å²) < 4.78 is 5.22. The van der Waals surface area contributed by atoms with Gasteiger partial charge in [-0.15, -0.1) is 0 Å². The molecule has 1 amide bonds. The van der Waals surface area contributed by atoms with Gasteiger partial charge in [0.25, 0.3) is 0 Å². The number of fused-ring (bicyclic) bond motifs is 3. The molecule has 2 aromatic heterocycles. The number of carbonyl (C=O) groups is 1. The average Bonchev–Trinajstić information content (AvgIpc) is 3.17. The van der Waals surface area contributed by atoms with Gasteiger partial charge in [0.15, 0.2) is 0 Å². The molecule has 0 radical (unpaired) electrons. The highest BCUT2D eigenvalue weighted by molar-refractivity contribution is 6.13. The molecule has 0 spiro atoms. The molecule has 0 saturated carbocycles. The largest absolute Gasteiger partial charge is 0.497 e. The first-order valence-electron chi connectivity index (χ1n) is 11.5. The third-order valence-electron chi connectivity index (χ3n) is 6.70. The summed E-state index contributed by atoms with van der Waals surface area (Å²) in [5, 5.41) is 11.2. The van der Waals surface area contributed by atoms with Crippen LogP contribution in [0.5, 0.6) is 5.75 Å². The molecule has 0 aliphatic carbocycles. The molecule has 2 aliphatic rings. The Morgan fingerprint density at radius 2 is 1.71 bits per heavy atom. The first-order valence-corrected chi connectivity index (χ1v) is 11.5. The molecule has 0 bridgehead atoms. The Balaban J connectivity index is 1.57. The van der Waals surface area contributed by atoms with Crippen LogP contribution < -0.4 is 26.0 Å². The number of piperidine rings is 1. The van der Waals surface area contributed by atoms with E-state index in [2.05, 4.69) is 20.9 Å². The number of pyridine rings is 2. The zero-order valence-corrected chi connectivity index (χ0v) is 19.2. The van der Waals surface area contributed by atoms with Gasteiger partial charge >= 0.3 is 0 Å². The van der Waals surface area contributed by atoms with Crippen LogP contribution >= 0.6 is 0 Å². The highest BCUT2D eigenvalue weighted by Crippen LogP contribution is 2.42. The Morgan fingerprint density at radius 3 is 2.35 bits per heavy atom. The molecule has 3 aromatic rings. The number of nitrogens with zero attached hydrogens (tertiary/aromatic N) is 5. The van der Waals surface area contributed by atoms with Crippen molar-refractivity contribution in [1.29, 1.82) is 5.26 Å². The van der Waals surface area contributed by atoms with Crippen molar-refractivity contribution in [2.45, 2.75) is 32.1 Å². The Labute approximate surface area is 197 Å². The minimum absolute atomic E-state index is 0.0679. The molecule has 9 heteroatoms. The van der Waals surface area contributed by atoms with Crippen LogP contribution in [0.2, 0.25) is 0 Å².